The zero-order chi connectivity index (χ0) is 22.9. The first-order chi connectivity index (χ1) is 16.0. The second-order valence-electron chi connectivity index (χ2n) is 8.45. The molecule has 9 nitrogen and oxygen atoms in total. The molecule has 3 heterocycles. The zero-order valence-electron chi connectivity index (χ0n) is 18.1. The molecule has 2 aliphatic rings. The third-order valence-electron chi connectivity index (χ3n) is 6.28. The molecule has 1 aromatic carbocycles. The van der Waals surface area contributed by atoms with Crippen LogP contribution < -0.4 is 10.6 Å². The van der Waals surface area contributed by atoms with Gasteiger partial charge in [-0.1, -0.05) is 11.6 Å². The third kappa shape index (κ3) is 4.47. The van der Waals surface area contributed by atoms with Crippen molar-refractivity contribution in [2.24, 2.45) is 0 Å². The van der Waals surface area contributed by atoms with Crippen LogP contribution in [0.4, 0.5) is 26.6 Å². The van der Waals surface area contributed by atoms with Gasteiger partial charge in [-0.3, -0.25) is 0 Å². The quantitative estimate of drug-likeness (QED) is 0.580. The van der Waals surface area contributed by atoms with E-state index in [9.17, 15) is 9.18 Å². The van der Waals surface area contributed by atoms with Gasteiger partial charge in [0, 0.05) is 37.9 Å². The first-order valence-corrected chi connectivity index (χ1v) is 11.3. The van der Waals surface area contributed by atoms with Crippen molar-refractivity contribution in [3.63, 3.8) is 0 Å². The monoisotopic (exact) mass is 470 g/mol. The Balaban J connectivity index is 1.28. The second kappa shape index (κ2) is 8.93. The maximum absolute atomic E-state index is 13.5. The summed E-state index contributed by atoms with van der Waals surface area (Å²) in [6, 6.07) is 5.02. The summed E-state index contributed by atoms with van der Waals surface area (Å²) in [5.74, 6) is 0.492. The van der Waals surface area contributed by atoms with E-state index in [0.29, 0.717) is 34.5 Å². The number of benzene rings is 1. The highest BCUT2D eigenvalue weighted by Crippen LogP contribution is 2.28. The molecule has 0 atom stereocenters. The van der Waals surface area contributed by atoms with Gasteiger partial charge >= 0.3 is 6.03 Å². The number of hydrogen-bond donors (Lipinski definition) is 2. The molecule has 0 spiro atoms. The van der Waals surface area contributed by atoms with Gasteiger partial charge in [-0.15, -0.1) is 0 Å². The van der Waals surface area contributed by atoms with Crippen LogP contribution in [-0.4, -0.2) is 68.0 Å². The van der Waals surface area contributed by atoms with Gasteiger partial charge in [0.15, 0.2) is 5.82 Å². The molecule has 0 radical (unpaired) electrons. The first kappa shape index (κ1) is 21.6. The van der Waals surface area contributed by atoms with Crippen molar-refractivity contribution in [3.8, 4) is 0 Å². The molecule has 172 valence electrons. The average Bonchev–Trinajstić information content (AvgIpc) is 3.15. The minimum absolute atomic E-state index is 0.0215. The molecule has 1 aliphatic carbocycles. The van der Waals surface area contributed by atoms with Crippen LogP contribution in [0.2, 0.25) is 5.02 Å². The molecule has 2 aromatic heterocycles. The largest absolute Gasteiger partial charge is 0.351 e. The minimum Gasteiger partial charge on any atom is -0.351 e. The van der Waals surface area contributed by atoms with Crippen LogP contribution in [0.5, 0.6) is 0 Å². The summed E-state index contributed by atoms with van der Waals surface area (Å²) in [5.41, 5.74) is 1.73. The van der Waals surface area contributed by atoms with Crippen molar-refractivity contribution in [1.82, 2.24) is 29.7 Å². The number of halogens is 2. The highest BCUT2D eigenvalue weighted by atomic mass is 35.5. The van der Waals surface area contributed by atoms with E-state index in [4.69, 9.17) is 11.6 Å². The predicted molar refractivity (Wildman–Crippen MR) is 124 cm³/mol. The summed E-state index contributed by atoms with van der Waals surface area (Å²) in [6.07, 6.45) is 6.84. The Bertz CT molecular complexity index is 1190. The maximum Gasteiger partial charge on any atom is 0.320 e. The van der Waals surface area contributed by atoms with Gasteiger partial charge in [0.1, 0.15) is 23.2 Å². The highest BCUT2D eigenvalue weighted by molar-refractivity contribution is 6.31. The second-order valence-corrected chi connectivity index (χ2v) is 8.86. The number of fused-ring (bicyclic) bond motifs is 1. The van der Waals surface area contributed by atoms with Crippen molar-refractivity contribution in [2.75, 3.05) is 30.8 Å². The number of nitrogens with one attached hydrogen (secondary N) is 2. The zero-order valence-corrected chi connectivity index (χ0v) is 18.9. The van der Waals surface area contributed by atoms with Crippen molar-refractivity contribution in [1.29, 1.82) is 0 Å². The number of rotatable bonds is 5. The van der Waals surface area contributed by atoms with Gasteiger partial charge in [-0.25, -0.2) is 29.1 Å². The van der Waals surface area contributed by atoms with Gasteiger partial charge in [0.2, 0.25) is 5.95 Å². The van der Waals surface area contributed by atoms with E-state index in [0.717, 1.165) is 38.8 Å². The van der Waals surface area contributed by atoms with Crippen LogP contribution in [-0.2, 0) is 0 Å². The summed E-state index contributed by atoms with van der Waals surface area (Å²) < 4.78 is 13.5. The van der Waals surface area contributed by atoms with Crippen molar-refractivity contribution in [3.05, 3.63) is 41.6 Å². The van der Waals surface area contributed by atoms with E-state index in [1.165, 1.54) is 18.5 Å². The Morgan fingerprint density at radius 2 is 1.94 bits per heavy atom. The fourth-order valence-electron chi connectivity index (χ4n) is 4.45. The van der Waals surface area contributed by atoms with Crippen LogP contribution in [0.15, 0.2) is 30.7 Å². The van der Waals surface area contributed by atoms with Crippen LogP contribution in [0.25, 0.3) is 11.0 Å². The van der Waals surface area contributed by atoms with Crippen LogP contribution in [0.1, 0.15) is 25.7 Å². The average molecular weight is 471 g/mol. The van der Waals surface area contributed by atoms with E-state index < -0.39 is 5.82 Å². The Kier molecular flexibility index (Phi) is 5.84. The molecule has 0 unspecified atom stereocenters. The molecule has 2 N–H and O–H groups in total. The van der Waals surface area contributed by atoms with E-state index in [1.807, 2.05) is 11.9 Å². The number of carbonyl (C=O) groups is 1. The van der Waals surface area contributed by atoms with Crippen molar-refractivity contribution >= 4 is 46.1 Å². The molecule has 1 saturated heterocycles. The summed E-state index contributed by atoms with van der Waals surface area (Å²) in [6.45, 7) is 1.60. The topological polar surface area (TPSA) is 99.2 Å². The SMILES string of the molecule is CN1CCN(C2CCC(Nc3ncc4ncnc(Nc5ccc(F)c(Cl)c5)c4n3)CC2)C1=O. The number of urea groups is 1. The molecule has 33 heavy (non-hydrogen) atoms. The number of hydrogen-bond acceptors (Lipinski definition) is 7. The first-order valence-electron chi connectivity index (χ1n) is 11.0. The lowest BCUT2D eigenvalue weighted by Gasteiger charge is -2.34. The van der Waals surface area contributed by atoms with E-state index in [2.05, 4.69) is 30.6 Å². The predicted octanol–water partition coefficient (Wildman–Crippen LogP) is 4.05. The van der Waals surface area contributed by atoms with Crippen LogP contribution in [0.3, 0.4) is 0 Å². The standard InChI is InChI=1S/C22H24ClFN8O/c1-31-8-9-32(22(31)33)15-5-2-13(3-6-15)29-21-25-11-18-19(30-21)20(27-12-26-18)28-14-4-7-17(24)16(23)10-14/h4,7,10-13,15H,2-3,5-6,8-9H2,1H3,(H,25,29,30)(H,26,27,28). The Labute approximate surface area is 195 Å². The van der Waals surface area contributed by atoms with E-state index in [1.54, 1.807) is 17.2 Å². The summed E-state index contributed by atoms with van der Waals surface area (Å²) in [7, 11) is 1.85. The number of likely N-dealkylation sites (N-methyl/N-ethyl adjacent to an activating group) is 1. The van der Waals surface area contributed by atoms with Crippen molar-refractivity contribution in [2.45, 2.75) is 37.8 Å². The molecular weight excluding hydrogens is 447 g/mol. The van der Waals surface area contributed by atoms with Gasteiger partial charge in [-0.2, -0.15) is 0 Å². The number of anilines is 3. The smallest absolute Gasteiger partial charge is 0.320 e. The summed E-state index contributed by atoms with van der Waals surface area (Å²) >= 11 is 5.89. The number of amides is 2. The number of nitrogens with zero attached hydrogens (tertiary/aromatic N) is 6. The van der Waals surface area contributed by atoms with E-state index >= 15 is 0 Å². The van der Waals surface area contributed by atoms with Crippen LogP contribution >= 0.6 is 11.6 Å². The molecule has 1 saturated carbocycles. The molecular formula is C22H24ClFN8O. The van der Waals surface area contributed by atoms with Gasteiger partial charge in [-0.05, 0) is 43.9 Å². The molecule has 1 aliphatic heterocycles. The molecule has 0 bridgehead atoms. The van der Waals surface area contributed by atoms with Gasteiger partial charge < -0.3 is 20.4 Å². The van der Waals surface area contributed by atoms with Crippen molar-refractivity contribution < 1.29 is 9.18 Å². The Hall–Kier alpha value is -3.27. The summed E-state index contributed by atoms with van der Waals surface area (Å²) in [4.78, 5) is 33.6. The Morgan fingerprint density at radius 1 is 1.12 bits per heavy atom. The lowest BCUT2D eigenvalue weighted by Crippen LogP contribution is -2.42. The fraction of sp³-hybridized carbons (Fsp3) is 0.409. The molecule has 5 rings (SSSR count). The van der Waals surface area contributed by atoms with Gasteiger partial charge in [0.25, 0.3) is 0 Å². The number of aromatic nitrogens is 4. The minimum atomic E-state index is -0.487. The Morgan fingerprint density at radius 3 is 2.67 bits per heavy atom. The van der Waals surface area contributed by atoms with Gasteiger partial charge in [0.05, 0.1) is 11.2 Å². The normalized spacial score (nSPS) is 21.0. The lowest BCUT2D eigenvalue weighted by molar-refractivity contribution is 0.165. The molecule has 11 heteroatoms. The van der Waals surface area contributed by atoms with E-state index in [-0.39, 0.29) is 17.1 Å². The highest BCUT2D eigenvalue weighted by Gasteiger charge is 2.34. The molecule has 2 amide bonds. The lowest BCUT2D eigenvalue weighted by atomic mass is 9.90. The number of carbonyl (C=O) groups excluding carboxylic acids is 1. The fourth-order valence-corrected chi connectivity index (χ4v) is 4.63. The molecule has 2 fully saturated rings. The van der Waals surface area contributed by atoms with Crippen LogP contribution in [0, 0.1) is 5.82 Å². The molecule has 3 aromatic rings. The summed E-state index contributed by atoms with van der Waals surface area (Å²) in [5, 5.41) is 6.57. The third-order valence-corrected chi connectivity index (χ3v) is 6.57. The maximum atomic E-state index is 13.5.